The zero-order chi connectivity index (χ0) is 25.2. The minimum atomic E-state index is -4.23. The van der Waals surface area contributed by atoms with Crippen LogP contribution in [0.5, 0.6) is 0 Å². The SMILES string of the molecule is CS(=O)(=O)NCC1CSC2=C1S(=O)(=O)N=C(C1=C(O)C3(CC3)CN(Cc3ccc(F)cc3)C1=O)N2. The van der Waals surface area contributed by atoms with Crippen LogP contribution in [0.4, 0.5) is 4.39 Å². The molecule has 3 heterocycles. The first-order valence-electron chi connectivity index (χ1n) is 10.8. The number of rotatable bonds is 6. The smallest absolute Gasteiger partial charge is 0.283 e. The molecule has 1 amide bonds. The van der Waals surface area contributed by atoms with Crippen LogP contribution in [-0.4, -0.2) is 63.7 Å². The third kappa shape index (κ3) is 4.59. The number of aliphatic hydroxyl groups excluding tert-OH is 1. The summed E-state index contributed by atoms with van der Waals surface area (Å²) in [5, 5.41) is 14.2. The summed E-state index contributed by atoms with van der Waals surface area (Å²) in [6, 6.07) is 5.73. The molecule has 1 unspecified atom stereocenters. The summed E-state index contributed by atoms with van der Waals surface area (Å²) in [6.45, 7) is 0.331. The van der Waals surface area contributed by atoms with Crippen molar-refractivity contribution in [3.63, 3.8) is 0 Å². The van der Waals surface area contributed by atoms with E-state index in [1.807, 2.05) is 0 Å². The molecular formula is C21H23FN4O6S3. The van der Waals surface area contributed by atoms with Crippen LogP contribution in [0, 0.1) is 17.2 Å². The van der Waals surface area contributed by atoms with Crippen molar-refractivity contribution < 1.29 is 31.1 Å². The van der Waals surface area contributed by atoms with Crippen LogP contribution in [0.15, 0.2) is 49.9 Å². The van der Waals surface area contributed by atoms with Crippen LogP contribution in [-0.2, 0) is 31.4 Å². The lowest BCUT2D eigenvalue weighted by Crippen LogP contribution is -2.47. The van der Waals surface area contributed by atoms with Gasteiger partial charge in [-0.05, 0) is 30.5 Å². The van der Waals surface area contributed by atoms with E-state index >= 15 is 0 Å². The fourth-order valence-corrected chi connectivity index (χ4v) is 8.07. The van der Waals surface area contributed by atoms with Gasteiger partial charge in [0, 0.05) is 36.7 Å². The standard InChI is InChI=1S/C21H23FN4O6S3/c1-34(29,30)23-8-13-10-33-19-16(13)35(31,32)25-18(24-19)15-17(27)21(6-7-21)11-26(20(15)28)9-12-2-4-14(22)5-3-12/h2-5,13,23,27H,6-11H2,1H3,(H,24,25). The fraction of sp³-hybridized carbons (Fsp3) is 0.429. The van der Waals surface area contributed by atoms with Crippen molar-refractivity contribution in [2.24, 2.45) is 15.7 Å². The summed E-state index contributed by atoms with van der Waals surface area (Å²) in [4.78, 5) is 14.9. The number of carbonyl (C=O) groups excluding carboxylic acids is 1. The second-order valence-corrected chi connectivity index (χ2v) is 13.6. The molecule has 14 heteroatoms. The maximum Gasteiger partial charge on any atom is 0.283 e. The van der Waals surface area contributed by atoms with E-state index in [9.17, 15) is 31.1 Å². The third-order valence-corrected chi connectivity index (χ3v) is 9.96. The Labute approximate surface area is 206 Å². The Morgan fingerprint density at radius 3 is 2.63 bits per heavy atom. The molecule has 0 saturated heterocycles. The van der Waals surface area contributed by atoms with Gasteiger partial charge in [-0.1, -0.05) is 12.1 Å². The summed E-state index contributed by atoms with van der Waals surface area (Å²) in [7, 11) is -7.74. The van der Waals surface area contributed by atoms with E-state index in [4.69, 9.17) is 0 Å². The average Bonchev–Trinajstić information content (AvgIpc) is 3.41. The molecule has 1 aromatic carbocycles. The largest absolute Gasteiger partial charge is 0.511 e. The Morgan fingerprint density at radius 1 is 1.31 bits per heavy atom. The van der Waals surface area contributed by atoms with E-state index in [1.165, 1.54) is 28.8 Å². The molecule has 0 radical (unpaired) electrons. The molecule has 10 nitrogen and oxygen atoms in total. The lowest BCUT2D eigenvalue weighted by Gasteiger charge is -2.35. The molecule has 1 aliphatic carbocycles. The summed E-state index contributed by atoms with van der Waals surface area (Å²) in [6.07, 6.45) is 2.26. The third-order valence-electron chi connectivity index (χ3n) is 6.45. The molecule has 188 valence electrons. The average molecular weight is 543 g/mol. The van der Waals surface area contributed by atoms with E-state index in [0.29, 0.717) is 24.2 Å². The first-order valence-corrected chi connectivity index (χ1v) is 15.1. The van der Waals surface area contributed by atoms with Gasteiger partial charge >= 0.3 is 0 Å². The number of amides is 1. The number of sulfonamides is 2. The van der Waals surface area contributed by atoms with Gasteiger partial charge in [0.25, 0.3) is 15.9 Å². The zero-order valence-corrected chi connectivity index (χ0v) is 21.1. The molecule has 1 saturated carbocycles. The van der Waals surface area contributed by atoms with Crippen molar-refractivity contribution >= 4 is 43.6 Å². The van der Waals surface area contributed by atoms with Crippen molar-refractivity contribution in [3.8, 4) is 0 Å². The first-order chi connectivity index (χ1) is 16.4. The Kier molecular flexibility index (Phi) is 5.77. The van der Waals surface area contributed by atoms with E-state index in [2.05, 4.69) is 14.4 Å². The number of hydrogen-bond donors (Lipinski definition) is 3. The van der Waals surface area contributed by atoms with E-state index in [-0.39, 0.29) is 46.7 Å². The van der Waals surface area contributed by atoms with Gasteiger partial charge in [-0.3, -0.25) is 4.79 Å². The monoisotopic (exact) mass is 542 g/mol. The molecule has 0 aromatic heterocycles. The summed E-state index contributed by atoms with van der Waals surface area (Å²) < 4.78 is 68.6. The quantitative estimate of drug-likeness (QED) is 0.486. The maximum atomic E-state index is 13.4. The molecule has 1 atom stereocenters. The van der Waals surface area contributed by atoms with E-state index < -0.39 is 43.1 Å². The second kappa shape index (κ2) is 8.32. The van der Waals surface area contributed by atoms with E-state index in [0.717, 1.165) is 6.26 Å². The normalized spacial score (nSPS) is 25.0. The van der Waals surface area contributed by atoms with Gasteiger partial charge < -0.3 is 15.3 Å². The molecule has 35 heavy (non-hydrogen) atoms. The Hall–Kier alpha value is -2.42. The van der Waals surface area contributed by atoms with Gasteiger partial charge in [-0.15, -0.1) is 16.2 Å². The zero-order valence-electron chi connectivity index (χ0n) is 18.6. The summed E-state index contributed by atoms with van der Waals surface area (Å²) >= 11 is 1.19. The number of halogens is 1. The van der Waals surface area contributed by atoms with Crippen LogP contribution in [0.1, 0.15) is 18.4 Å². The molecular weight excluding hydrogens is 519 g/mol. The Balaban J connectivity index is 1.45. The number of thioether (sulfide) groups is 1. The molecule has 1 fully saturated rings. The van der Waals surface area contributed by atoms with Gasteiger partial charge in [0.2, 0.25) is 10.0 Å². The molecule has 5 rings (SSSR count). The summed E-state index contributed by atoms with van der Waals surface area (Å²) in [5.74, 6) is -1.71. The highest BCUT2D eigenvalue weighted by Gasteiger charge is 2.55. The molecule has 3 N–H and O–H groups in total. The van der Waals surface area contributed by atoms with Gasteiger partial charge in [-0.25, -0.2) is 17.5 Å². The molecule has 4 aliphatic rings. The van der Waals surface area contributed by atoms with Crippen molar-refractivity contribution in [3.05, 3.63) is 56.9 Å². The van der Waals surface area contributed by atoms with Crippen LogP contribution in [0.3, 0.4) is 0 Å². The van der Waals surface area contributed by atoms with Crippen LogP contribution < -0.4 is 10.0 Å². The predicted octanol–water partition coefficient (Wildman–Crippen LogP) is 1.17. The van der Waals surface area contributed by atoms with Crippen molar-refractivity contribution in [1.29, 1.82) is 0 Å². The van der Waals surface area contributed by atoms with Crippen molar-refractivity contribution in [2.75, 3.05) is 25.1 Å². The highest BCUT2D eigenvalue weighted by atomic mass is 32.2. The predicted molar refractivity (Wildman–Crippen MR) is 128 cm³/mol. The fourth-order valence-electron chi connectivity index (χ4n) is 4.49. The molecule has 1 aromatic rings. The number of nitrogens with zero attached hydrogens (tertiary/aromatic N) is 2. The minimum absolute atomic E-state index is 0.0324. The lowest BCUT2D eigenvalue weighted by atomic mass is 9.92. The van der Waals surface area contributed by atoms with Gasteiger partial charge in [0.15, 0.2) is 5.84 Å². The van der Waals surface area contributed by atoms with E-state index in [1.54, 1.807) is 12.1 Å². The first kappa shape index (κ1) is 24.3. The number of carbonyl (C=O) groups is 1. The van der Waals surface area contributed by atoms with Crippen molar-refractivity contribution in [2.45, 2.75) is 19.4 Å². The number of amidine groups is 1. The second-order valence-electron chi connectivity index (χ2n) is 9.15. The molecule has 3 aliphatic heterocycles. The minimum Gasteiger partial charge on any atom is -0.511 e. The number of aliphatic hydroxyl groups is 1. The molecule has 0 bridgehead atoms. The van der Waals surface area contributed by atoms with Crippen molar-refractivity contribution in [1.82, 2.24) is 14.9 Å². The number of nitrogens with one attached hydrogen (secondary N) is 2. The lowest BCUT2D eigenvalue weighted by molar-refractivity contribution is -0.129. The Bertz CT molecular complexity index is 1410. The highest BCUT2D eigenvalue weighted by molar-refractivity contribution is 8.05. The highest BCUT2D eigenvalue weighted by Crippen LogP contribution is 2.55. The van der Waals surface area contributed by atoms with Crippen LogP contribution in [0.2, 0.25) is 0 Å². The summed E-state index contributed by atoms with van der Waals surface area (Å²) in [5.41, 5.74) is -0.152. The van der Waals surface area contributed by atoms with Crippen LogP contribution >= 0.6 is 11.8 Å². The van der Waals surface area contributed by atoms with Gasteiger partial charge in [0.05, 0.1) is 11.3 Å². The number of benzene rings is 1. The van der Waals surface area contributed by atoms with Gasteiger partial charge in [-0.2, -0.15) is 8.42 Å². The Morgan fingerprint density at radius 2 is 2.00 bits per heavy atom. The maximum absolute atomic E-state index is 13.4. The molecule has 1 spiro atoms. The topological polar surface area (TPSA) is 145 Å². The van der Waals surface area contributed by atoms with Crippen LogP contribution in [0.25, 0.3) is 0 Å². The number of hydrogen-bond acceptors (Lipinski definition) is 8. The van der Waals surface area contributed by atoms with Gasteiger partial charge in [0.1, 0.15) is 22.1 Å².